The van der Waals surface area contributed by atoms with Gasteiger partial charge in [-0.05, 0) is 37.2 Å². The van der Waals surface area contributed by atoms with Gasteiger partial charge in [-0.1, -0.05) is 43.2 Å². The molecular weight excluding hydrogens is 212 g/mol. The van der Waals surface area contributed by atoms with Crippen molar-refractivity contribution in [3.05, 3.63) is 35.9 Å². The van der Waals surface area contributed by atoms with Gasteiger partial charge < -0.3 is 5.11 Å². The molecule has 0 bridgehead atoms. The van der Waals surface area contributed by atoms with E-state index >= 15 is 0 Å². The van der Waals surface area contributed by atoms with Crippen LogP contribution in [-0.2, 0) is 11.2 Å². The first-order valence-electron chi connectivity index (χ1n) is 6.54. The van der Waals surface area contributed by atoms with Gasteiger partial charge in [-0.15, -0.1) is 0 Å². The predicted octanol–water partition coefficient (Wildman–Crippen LogP) is 3.51. The van der Waals surface area contributed by atoms with Crippen LogP contribution in [0, 0.1) is 11.8 Å². The largest absolute Gasteiger partial charge is 0.481 e. The summed E-state index contributed by atoms with van der Waals surface area (Å²) in [7, 11) is 0. The number of hydrogen-bond acceptors (Lipinski definition) is 1. The van der Waals surface area contributed by atoms with Crippen LogP contribution in [0.15, 0.2) is 30.3 Å². The number of rotatable bonds is 4. The van der Waals surface area contributed by atoms with Crippen molar-refractivity contribution in [1.29, 1.82) is 0 Å². The lowest BCUT2D eigenvalue weighted by molar-refractivity contribution is -0.145. The Kier molecular flexibility index (Phi) is 4.18. The Labute approximate surface area is 103 Å². The van der Waals surface area contributed by atoms with Crippen LogP contribution >= 0.6 is 0 Å². The summed E-state index contributed by atoms with van der Waals surface area (Å²) in [6.45, 7) is 0. The van der Waals surface area contributed by atoms with Crippen LogP contribution in [0.5, 0.6) is 0 Å². The van der Waals surface area contributed by atoms with Gasteiger partial charge in [0.05, 0.1) is 5.92 Å². The Morgan fingerprint density at radius 1 is 1.18 bits per heavy atom. The van der Waals surface area contributed by atoms with Crippen LogP contribution < -0.4 is 0 Å². The molecule has 1 aromatic carbocycles. The van der Waals surface area contributed by atoms with Gasteiger partial charge in [0.25, 0.3) is 0 Å². The fourth-order valence-electron chi connectivity index (χ4n) is 2.88. The van der Waals surface area contributed by atoms with Gasteiger partial charge in [0.2, 0.25) is 0 Å². The lowest BCUT2D eigenvalue weighted by Gasteiger charge is -2.28. The molecule has 0 heterocycles. The van der Waals surface area contributed by atoms with E-state index in [4.69, 9.17) is 0 Å². The Bertz CT molecular complexity index is 358. The van der Waals surface area contributed by atoms with Crippen molar-refractivity contribution in [1.82, 2.24) is 0 Å². The summed E-state index contributed by atoms with van der Waals surface area (Å²) in [5.41, 5.74) is 1.32. The number of carboxylic acid groups (broad SMARTS) is 1. The maximum atomic E-state index is 11.2. The number of carbonyl (C=O) groups is 1. The van der Waals surface area contributed by atoms with Crippen LogP contribution in [0.1, 0.15) is 37.7 Å². The van der Waals surface area contributed by atoms with Crippen molar-refractivity contribution in [3.63, 3.8) is 0 Å². The minimum atomic E-state index is -0.595. The molecule has 2 rings (SSSR count). The Morgan fingerprint density at radius 3 is 2.59 bits per heavy atom. The van der Waals surface area contributed by atoms with E-state index in [-0.39, 0.29) is 5.92 Å². The van der Waals surface area contributed by atoms with Gasteiger partial charge in [0, 0.05) is 0 Å². The molecule has 1 saturated carbocycles. The smallest absolute Gasteiger partial charge is 0.306 e. The molecular formula is C15H20O2. The monoisotopic (exact) mass is 232 g/mol. The summed E-state index contributed by atoms with van der Waals surface area (Å²) in [6, 6.07) is 10.4. The second-order valence-electron chi connectivity index (χ2n) is 5.01. The van der Waals surface area contributed by atoms with Gasteiger partial charge in [0.1, 0.15) is 0 Å². The quantitative estimate of drug-likeness (QED) is 0.862. The molecule has 92 valence electrons. The van der Waals surface area contributed by atoms with Crippen LogP contribution in [0.25, 0.3) is 0 Å². The molecule has 2 nitrogen and oxygen atoms in total. The summed E-state index contributed by atoms with van der Waals surface area (Å²) in [6.07, 6.45) is 6.26. The lowest BCUT2D eigenvalue weighted by Crippen LogP contribution is -2.27. The standard InChI is InChI=1S/C15H20O2/c16-15(17)14-9-5-4-8-13(14)11-10-12-6-2-1-3-7-12/h1-3,6-7,13-14H,4-5,8-11H2,(H,16,17)/t13-,14-/m1/s1. The molecule has 1 fully saturated rings. The highest BCUT2D eigenvalue weighted by Crippen LogP contribution is 2.33. The summed E-state index contributed by atoms with van der Waals surface area (Å²) in [4.78, 5) is 11.2. The third kappa shape index (κ3) is 3.32. The molecule has 0 aliphatic heterocycles. The zero-order valence-electron chi connectivity index (χ0n) is 10.1. The van der Waals surface area contributed by atoms with E-state index in [0.29, 0.717) is 5.92 Å². The summed E-state index contributed by atoms with van der Waals surface area (Å²) < 4.78 is 0. The average Bonchev–Trinajstić information content (AvgIpc) is 2.38. The number of carboxylic acids is 1. The van der Waals surface area contributed by atoms with E-state index in [1.54, 1.807) is 0 Å². The Morgan fingerprint density at radius 2 is 1.88 bits per heavy atom. The molecule has 0 aromatic heterocycles. The first-order chi connectivity index (χ1) is 8.27. The van der Waals surface area contributed by atoms with E-state index in [1.165, 1.54) is 12.0 Å². The normalized spacial score (nSPS) is 24.5. The van der Waals surface area contributed by atoms with Crippen LogP contribution in [0.2, 0.25) is 0 Å². The third-order valence-electron chi connectivity index (χ3n) is 3.87. The van der Waals surface area contributed by atoms with Gasteiger partial charge >= 0.3 is 5.97 Å². The van der Waals surface area contributed by atoms with Gasteiger partial charge in [-0.2, -0.15) is 0 Å². The lowest BCUT2D eigenvalue weighted by atomic mass is 9.76. The van der Waals surface area contributed by atoms with E-state index < -0.39 is 5.97 Å². The summed E-state index contributed by atoms with van der Waals surface area (Å²) >= 11 is 0. The van der Waals surface area contributed by atoms with Crippen molar-refractivity contribution in [2.75, 3.05) is 0 Å². The molecule has 1 aliphatic carbocycles. The minimum absolute atomic E-state index is 0.104. The second-order valence-corrected chi connectivity index (χ2v) is 5.01. The highest BCUT2D eigenvalue weighted by molar-refractivity contribution is 5.70. The maximum Gasteiger partial charge on any atom is 0.306 e. The Hall–Kier alpha value is -1.31. The highest BCUT2D eigenvalue weighted by atomic mass is 16.4. The van der Waals surface area contributed by atoms with Crippen molar-refractivity contribution in [2.45, 2.75) is 38.5 Å². The molecule has 2 heteroatoms. The second kappa shape index (κ2) is 5.85. The average molecular weight is 232 g/mol. The number of hydrogen-bond donors (Lipinski definition) is 1. The zero-order valence-corrected chi connectivity index (χ0v) is 10.1. The van der Waals surface area contributed by atoms with Crippen LogP contribution in [0.4, 0.5) is 0 Å². The third-order valence-corrected chi connectivity index (χ3v) is 3.87. The summed E-state index contributed by atoms with van der Waals surface area (Å²) in [5.74, 6) is -0.323. The molecule has 0 unspecified atom stereocenters. The van der Waals surface area contributed by atoms with Crippen LogP contribution in [-0.4, -0.2) is 11.1 Å². The summed E-state index contributed by atoms with van der Waals surface area (Å²) in [5, 5.41) is 9.21. The molecule has 0 saturated heterocycles. The molecule has 1 aromatic rings. The fourth-order valence-corrected chi connectivity index (χ4v) is 2.88. The fraction of sp³-hybridized carbons (Fsp3) is 0.533. The molecule has 0 spiro atoms. The van der Waals surface area contributed by atoms with Gasteiger partial charge in [-0.3, -0.25) is 4.79 Å². The van der Waals surface area contributed by atoms with Crippen molar-refractivity contribution >= 4 is 5.97 Å². The SMILES string of the molecule is O=C(O)[C@@H]1CCCC[C@@H]1CCc1ccccc1. The Balaban J connectivity index is 1.90. The number of benzene rings is 1. The topological polar surface area (TPSA) is 37.3 Å². The van der Waals surface area contributed by atoms with Crippen molar-refractivity contribution in [2.24, 2.45) is 11.8 Å². The molecule has 1 N–H and O–H groups in total. The molecule has 2 atom stereocenters. The molecule has 17 heavy (non-hydrogen) atoms. The zero-order chi connectivity index (χ0) is 12.1. The van der Waals surface area contributed by atoms with Gasteiger partial charge in [0.15, 0.2) is 0 Å². The molecule has 1 aliphatic rings. The van der Waals surface area contributed by atoms with Crippen LogP contribution in [0.3, 0.4) is 0 Å². The van der Waals surface area contributed by atoms with E-state index in [0.717, 1.165) is 32.1 Å². The number of aliphatic carboxylic acids is 1. The maximum absolute atomic E-state index is 11.2. The predicted molar refractivity (Wildman–Crippen MR) is 67.8 cm³/mol. The first kappa shape index (κ1) is 12.2. The highest BCUT2D eigenvalue weighted by Gasteiger charge is 2.30. The first-order valence-corrected chi connectivity index (χ1v) is 6.54. The van der Waals surface area contributed by atoms with Gasteiger partial charge in [-0.25, -0.2) is 0 Å². The molecule has 0 amide bonds. The number of aryl methyl sites for hydroxylation is 1. The van der Waals surface area contributed by atoms with E-state index in [1.807, 2.05) is 18.2 Å². The van der Waals surface area contributed by atoms with E-state index in [9.17, 15) is 9.90 Å². The van der Waals surface area contributed by atoms with Crippen molar-refractivity contribution in [3.8, 4) is 0 Å². The minimum Gasteiger partial charge on any atom is -0.481 e. The van der Waals surface area contributed by atoms with Crippen molar-refractivity contribution < 1.29 is 9.90 Å². The molecule has 0 radical (unpaired) electrons. The van der Waals surface area contributed by atoms with E-state index in [2.05, 4.69) is 12.1 Å².